The Bertz CT molecular complexity index is 346. The van der Waals surface area contributed by atoms with Crippen molar-refractivity contribution in [3.63, 3.8) is 0 Å². The maximum absolute atomic E-state index is 5.96. The van der Waals surface area contributed by atoms with Gasteiger partial charge in [0.15, 0.2) is 0 Å². The Hall–Kier alpha value is -0.830. The van der Waals surface area contributed by atoms with Gasteiger partial charge in [-0.3, -0.25) is 0 Å². The van der Waals surface area contributed by atoms with Crippen LogP contribution in [0.4, 0.5) is 5.69 Å². The summed E-state index contributed by atoms with van der Waals surface area (Å²) in [5.74, 6) is 0.810. The van der Waals surface area contributed by atoms with Crippen molar-refractivity contribution in [2.75, 3.05) is 5.73 Å². The quantitative estimate of drug-likeness (QED) is 0.468. The molecule has 0 spiro atoms. The van der Waals surface area contributed by atoms with E-state index in [0.29, 0.717) is 11.8 Å². The van der Waals surface area contributed by atoms with Crippen molar-refractivity contribution < 1.29 is 4.74 Å². The van der Waals surface area contributed by atoms with Crippen molar-refractivity contribution in [2.45, 2.75) is 49.5 Å². The average Bonchev–Trinajstić information content (AvgIpc) is 2.51. The summed E-state index contributed by atoms with van der Waals surface area (Å²) in [5, 5.41) is 0. The molecule has 0 heterocycles. The van der Waals surface area contributed by atoms with Gasteiger partial charge >= 0.3 is 0 Å². The molecule has 2 rings (SSSR count). The summed E-state index contributed by atoms with van der Waals surface area (Å²) in [5.41, 5.74) is 6.60. The van der Waals surface area contributed by atoms with E-state index in [1.165, 1.54) is 25.7 Å². The van der Waals surface area contributed by atoms with Gasteiger partial charge in [0.2, 0.25) is 0 Å². The molecule has 0 atom stereocenters. The predicted molar refractivity (Wildman–Crippen MR) is 70.2 cm³/mol. The van der Waals surface area contributed by atoms with Gasteiger partial charge in [-0.25, -0.2) is 0 Å². The predicted octanol–water partition coefficient (Wildman–Crippen LogP) is 3.66. The molecular weight excluding hydrogens is 218 g/mol. The molecule has 1 saturated carbocycles. The third-order valence-electron chi connectivity index (χ3n) is 3.09. The molecule has 2 nitrogen and oxygen atoms in total. The molecule has 16 heavy (non-hydrogen) atoms. The van der Waals surface area contributed by atoms with Crippen LogP contribution in [0.2, 0.25) is 0 Å². The van der Waals surface area contributed by atoms with Gasteiger partial charge in [-0.15, -0.1) is 12.6 Å². The van der Waals surface area contributed by atoms with E-state index < -0.39 is 0 Å². The van der Waals surface area contributed by atoms with Crippen LogP contribution in [0.5, 0.6) is 5.75 Å². The Morgan fingerprint density at radius 1 is 1.12 bits per heavy atom. The highest BCUT2D eigenvalue weighted by atomic mass is 32.1. The molecule has 88 valence electrons. The second kappa shape index (κ2) is 5.48. The van der Waals surface area contributed by atoms with E-state index in [2.05, 4.69) is 12.6 Å². The van der Waals surface area contributed by atoms with Gasteiger partial charge in [0, 0.05) is 4.90 Å². The van der Waals surface area contributed by atoms with Crippen molar-refractivity contribution in [3.05, 3.63) is 18.2 Å². The number of thiol groups is 1. The molecule has 3 heteroatoms. The zero-order valence-corrected chi connectivity index (χ0v) is 10.4. The molecule has 0 saturated heterocycles. The molecule has 0 bridgehead atoms. The Morgan fingerprint density at radius 3 is 2.44 bits per heavy atom. The lowest BCUT2D eigenvalue weighted by Crippen LogP contribution is -2.15. The number of hydrogen-bond donors (Lipinski definition) is 2. The third kappa shape index (κ3) is 3.08. The smallest absolute Gasteiger partial charge is 0.142 e. The number of nitrogen functional groups attached to an aromatic ring is 1. The second-order valence-electron chi connectivity index (χ2n) is 4.45. The molecule has 0 unspecified atom stereocenters. The Morgan fingerprint density at radius 2 is 1.81 bits per heavy atom. The minimum atomic E-state index is 0.343. The van der Waals surface area contributed by atoms with E-state index >= 15 is 0 Å². The molecule has 0 aliphatic heterocycles. The van der Waals surface area contributed by atoms with Gasteiger partial charge in [0.05, 0.1) is 11.8 Å². The van der Waals surface area contributed by atoms with Crippen molar-refractivity contribution >= 4 is 18.3 Å². The molecule has 0 aromatic heterocycles. The van der Waals surface area contributed by atoms with E-state index in [1.54, 1.807) is 0 Å². The summed E-state index contributed by atoms with van der Waals surface area (Å²) in [6.45, 7) is 0. The average molecular weight is 237 g/mol. The van der Waals surface area contributed by atoms with E-state index in [-0.39, 0.29) is 0 Å². The molecule has 0 radical (unpaired) electrons. The van der Waals surface area contributed by atoms with Crippen LogP contribution in [0.25, 0.3) is 0 Å². The number of nitrogens with two attached hydrogens (primary N) is 1. The summed E-state index contributed by atoms with van der Waals surface area (Å²) in [6, 6.07) is 5.68. The highest BCUT2D eigenvalue weighted by Gasteiger charge is 2.14. The Labute approximate surface area is 103 Å². The zero-order chi connectivity index (χ0) is 11.4. The van der Waals surface area contributed by atoms with E-state index in [1.807, 2.05) is 18.2 Å². The van der Waals surface area contributed by atoms with Gasteiger partial charge < -0.3 is 10.5 Å². The second-order valence-corrected chi connectivity index (χ2v) is 4.97. The monoisotopic (exact) mass is 237 g/mol. The molecule has 1 fully saturated rings. The van der Waals surface area contributed by atoms with Gasteiger partial charge in [-0.2, -0.15) is 0 Å². The fourth-order valence-corrected chi connectivity index (χ4v) is 2.40. The molecule has 2 N–H and O–H groups in total. The van der Waals surface area contributed by atoms with Crippen LogP contribution >= 0.6 is 12.6 Å². The van der Waals surface area contributed by atoms with E-state index in [4.69, 9.17) is 10.5 Å². The van der Waals surface area contributed by atoms with Gasteiger partial charge in [0.25, 0.3) is 0 Å². The standard InChI is InChI=1S/C13H19NOS/c14-12-9-11(16)7-8-13(12)15-10-5-3-1-2-4-6-10/h7-10,16H,1-6,14H2. The summed E-state index contributed by atoms with van der Waals surface area (Å²) in [4.78, 5) is 0.880. The molecule has 1 aliphatic carbocycles. The highest BCUT2D eigenvalue weighted by Crippen LogP contribution is 2.28. The lowest BCUT2D eigenvalue weighted by Gasteiger charge is -2.18. The summed E-state index contributed by atoms with van der Waals surface area (Å²) < 4.78 is 5.96. The maximum Gasteiger partial charge on any atom is 0.142 e. The van der Waals surface area contributed by atoms with Gasteiger partial charge in [-0.05, 0) is 43.9 Å². The Kier molecular flexibility index (Phi) is 3.99. The van der Waals surface area contributed by atoms with Crippen molar-refractivity contribution in [1.82, 2.24) is 0 Å². The lowest BCUT2D eigenvalue weighted by molar-refractivity contribution is 0.185. The van der Waals surface area contributed by atoms with Crippen molar-refractivity contribution in [1.29, 1.82) is 0 Å². The minimum Gasteiger partial charge on any atom is -0.488 e. The van der Waals surface area contributed by atoms with Crippen LogP contribution in [-0.4, -0.2) is 6.10 Å². The highest BCUT2D eigenvalue weighted by molar-refractivity contribution is 7.80. The zero-order valence-electron chi connectivity index (χ0n) is 9.48. The van der Waals surface area contributed by atoms with Gasteiger partial charge in [-0.1, -0.05) is 12.8 Å². The maximum atomic E-state index is 5.96. The number of rotatable bonds is 2. The molecule has 1 aromatic carbocycles. The first-order valence-corrected chi connectivity index (χ1v) is 6.45. The number of benzene rings is 1. The van der Waals surface area contributed by atoms with Crippen LogP contribution in [0.15, 0.2) is 23.1 Å². The molecule has 0 amide bonds. The SMILES string of the molecule is Nc1cc(S)ccc1OC1CCCCCC1. The van der Waals surface area contributed by atoms with Crippen molar-refractivity contribution in [2.24, 2.45) is 0 Å². The molecule has 1 aromatic rings. The van der Waals surface area contributed by atoms with Crippen LogP contribution in [0.1, 0.15) is 38.5 Å². The van der Waals surface area contributed by atoms with E-state index in [9.17, 15) is 0 Å². The molecule has 1 aliphatic rings. The van der Waals surface area contributed by atoms with Gasteiger partial charge in [0.1, 0.15) is 5.75 Å². The largest absolute Gasteiger partial charge is 0.488 e. The first-order chi connectivity index (χ1) is 7.75. The normalized spacial score (nSPS) is 18.1. The first kappa shape index (κ1) is 11.6. The van der Waals surface area contributed by atoms with Crippen LogP contribution in [0.3, 0.4) is 0 Å². The summed E-state index contributed by atoms with van der Waals surface area (Å²) in [7, 11) is 0. The van der Waals surface area contributed by atoms with Crippen LogP contribution in [-0.2, 0) is 0 Å². The minimum absolute atomic E-state index is 0.343. The van der Waals surface area contributed by atoms with Crippen molar-refractivity contribution in [3.8, 4) is 5.75 Å². The fraction of sp³-hybridized carbons (Fsp3) is 0.538. The summed E-state index contributed by atoms with van der Waals surface area (Å²) in [6.07, 6.45) is 7.88. The first-order valence-electron chi connectivity index (χ1n) is 6.01. The number of ether oxygens (including phenoxy) is 1. The topological polar surface area (TPSA) is 35.2 Å². The number of hydrogen-bond acceptors (Lipinski definition) is 3. The van der Waals surface area contributed by atoms with E-state index in [0.717, 1.165) is 23.5 Å². The number of anilines is 1. The fourth-order valence-electron chi connectivity index (χ4n) is 2.18. The Balaban J connectivity index is 2.01. The third-order valence-corrected chi connectivity index (χ3v) is 3.37. The lowest BCUT2D eigenvalue weighted by atomic mass is 10.1. The summed E-state index contributed by atoms with van der Waals surface area (Å²) >= 11 is 4.25. The molecular formula is C13H19NOS. The van der Waals surface area contributed by atoms with Crippen LogP contribution in [0, 0.1) is 0 Å². The van der Waals surface area contributed by atoms with Crippen LogP contribution < -0.4 is 10.5 Å².